The smallest absolute Gasteiger partial charge is 0.318 e. The molecular formula is C6H15O4P. The Balaban J connectivity index is 3.37. The minimum Gasteiger partial charge on any atom is -0.368 e. The molecule has 2 N–H and O–H groups in total. The van der Waals surface area contributed by atoms with Crippen LogP contribution in [0, 0.1) is 5.92 Å². The van der Waals surface area contributed by atoms with Gasteiger partial charge < -0.3 is 10.00 Å². The highest BCUT2D eigenvalue weighted by molar-refractivity contribution is 7.32. The van der Waals surface area contributed by atoms with E-state index in [2.05, 4.69) is 4.52 Å². The Morgan fingerprint density at radius 1 is 1.45 bits per heavy atom. The second-order valence-electron chi connectivity index (χ2n) is 2.81. The van der Waals surface area contributed by atoms with Crippen molar-refractivity contribution in [3.8, 4) is 0 Å². The van der Waals surface area contributed by atoms with Crippen LogP contribution in [-0.2, 0) is 9.09 Å². The van der Waals surface area contributed by atoms with Gasteiger partial charge in [-0.05, 0) is 18.8 Å². The molecule has 1 unspecified atom stereocenters. The number of aliphatic hydroxyl groups is 1. The Morgan fingerprint density at radius 3 is 2.36 bits per heavy atom. The van der Waals surface area contributed by atoms with Gasteiger partial charge in [-0.25, -0.2) is 0 Å². The van der Waals surface area contributed by atoms with Gasteiger partial charge in [0.25, 0.3) is 0 Å². The van der Waals surface area contributed by atoms with Crippen molar-refractivity contribution in [2.75, 3.05) is 0 Å². The summed E-state index contributed by atoms with van der Waals surface area (Å²) in [6.45, 7) is 4.02. The third-order valence-electron chi connectivity index (χ3n) is 1.23. The second-order valence-corrected chi connectivity index (χ2v) is 3.58. The third kappa shape index (κ3) is 8.01. The Morgan fingerprint density at radius 2 is 2.00 bits per heavy atom. The van der Waals surface area contributed by atoms with Crippen molar-refractivity contribution in [2.24, 2.45) is 5.92 Å². The minimum absolute atomic E-state index is 0.411. The number of hydrogen-bond acceptors (Lipinski definition) is 3. The lowest BCUT2D eigenvalue weighted by atomic mass is 10.1. The van der Waals surface area contributed by atoms with E-state index in [4.69, 9.17) is 10.00 Å². The summed E-state index contributed by atoms with van der Waals surface area (Å²) in [5.74, 6) is 0.467. The normalized spacial score (nSPS) is 16.8. The first kappa shape index (κ1) is 11.1. The lowest BCUT2D eigenvalue weighted by molar-refractivity contribution is -0.0274. The van der Waals surface area contributed by atoms with Gasteiger partial charge in [-0.3, -0.25) is 9.09 Å². The zero-order chi connectivity index (χ0) is 8.85. The number of aliphatic hydroxyl groups excluding tert-OH is 1. The standard InChI is InChI=1S/C6H15O4P/c1-5(2)3-4-6(7)10-11(8)9/h5-7,11H,3-4H2,1-2H3,(H,8,9)/t6-/m0/s1. The van der Waals surface area contributed by atoms with Crippen molar-refractivity contribution in [3.05, 3.63) is 0 Å². The molecule has 0 spiro atoms. The molecule has 5 heteroatoms. The molecule has 0 aromatic rings. The van der Waals surface area contributed by atoms with Crippen LogP contribution in [0.25, 0.3) is 0 Å². The molecule has 0 saturated heterocycles. The Labute approximate surface area is 67.1 Å². The molecule has 11 heavy (non-hydrogen) atoms. The van der Waals surface area contributed by atoms with Crippen molar-refractivity contribution in [2.45, 2.75) is 33.0 Å². The summed E-state index contributed by atoms with van der Waals surface area (Å²) in [7, 11) is -2.98. The fourth-order valence-corrected chi connectivity index (χ4v) is 1.00. The van der Waals surface area contributed by atoms with Crippen molar-refractivity contribution in [1.29, 1.82) is 0 Å². The van der Waals surface area contributed by atoms with E-state index in [-0.39, 0.29) is 0 Å². The van der Waals surface area contributed by atoms with Crippen LogP contribution in [0.1, 0.15) is 26.7 Å². The SMILES string of the molecule is CC(C)CC[C@@H](O)O[PH](=O)O. The van der Waals surface area contributed by atoms with Gasteiger partial charge >= 0.3 is 8.25 Å². The molecule has 4 nitrogen and oxygen atoms in total. The van der Waals surface area contributed by atoms with Crippen LogP contribution in [0.5, 0.6) is 0 Å². The Kier molecular flexibility index (Phi) is 5.78. The highest BCUT2D eigenvalue weighted by atomic mass is 31.1. The molecule has 0 heterocycles. The molecule has 0 aliphatic rings. The number of hydrogen-bond donors (Lipinski definition) is 2. The summed E-state index contributed by atoms with van der Waals surface area (Å²) in [6, 6.07) is 0. The zero-order valence-corrected chi connectivity index (χ0v) is 7.78. The van der Waals surface area contributed by atoms with Gasteiger partial charge in [-0.1, -0.05) is 13.8 Å². The maximum atomic E-state index is 10.1. The Bertz CT molecular complexity index is 126. The van der Waals surface area contributed by atoms with Crippen LogP contribution in [0.2, 0.25) is 0 Å². The van der Waals surface area contributed by atoms with E-state index in [0.29, 0.717) is 12.3 Å². The largest absolute Gasteiger partial charge is 0.368 e. The van der Waals surface area contributed by atoms with E-state index < -0.39 is 14.5 Å². The Hall–Kier alpha value is 0.110. The van der Waals surface area contributed by atoms with Gasteiger partial charge in [0.1, 0.15) is 0 Å². The molecule has 0 aromatic heterocycles. The van der Waals surface area contributed by atoms with Crippen LogP contribution in [0.4, 0.5) is 0 Å². The summed E-state index contributed by atoms with van der Waals surface area (Å²) in [5.41, 5.74) is 0. The molecule has 0 bridgehead atoms. The van der Waals surface area contributed by atoms with E-state index in [1.54, 1.807) is 0 Å². The lowest BCUT2D eigenvalue weighted by Crippen LogP contribution is -2.08. The topological polar surface area (TPSA) is 66.8 Å². The molecule has 0 amide bonds. The zero-order valence-electron chi connectivity index (χ0n) is 6.78. The summed E-state index contributed by atoms with van der Waals surface area (Å²) in [5, 5.41) is 8.91. The second kappa shape index (κ2) is 5.72. The summed E-state index contributed by atoms with van der Waals surface area (Å²) in [6.07, 6.45) is 0.110. The molecule has 68 valence electrons. The summed E-state index contributed by atoms with van der Waals surface area (Å²) >= 11 is 0. The molecule has 2 atom stereocenters. The average Bonchev–Trinajstić information content (AvgIpc) is 1.82. The van der Waals surface area contributed by atoms with Crippen LogP contribution in [0.15, 0.2) is 0 Å². The summed E-state index contributed by atoms with van der Waals surface area (Å²) in [4.78, 5) is 8.25. The molecule has 0 rings (SSSR count). The molecule has 0 fully saturated rings. The highest BCUT2D eigenvalue weighted by Crippen LogP contribution is 2.20. The third-order valence-corrected chi connectivity index (χ3v) is 1.70. The fraction of sp³-hybridized carbons (Fsp3) is 1.00. The van der Waals surface area contributed by atoms with Crippen LogP contribution in [-0.4, -0.2) is 16.3 Å². The molecule has 0 aliphatic carbocycles. The maximum absolute atomic E-state index is 10.1. The van der Waals surface area contributed by atoms with Crippen molar-refractivity contribution >= 4 is 8.25 Å². The molecule has 0 aliphatic heterocycles. The van der Waals surface area contributed by atoms with E-state index in [0.717, 1.165) is 6.42 Å². The van der Waals surface area contributed by atoms with Gasteiger partial charge in [-0.15, -0.1) is 0 Å². The first-order valence-corrected chi connectivity index (χ1v) is 4.86. The first-order chi connectivity index (χ1) is 5.02. The molecule has 0 radical (unpaired) electrons. The van der Waals surface area contributed by atoms with E-state index >= 15 is 0 Å². The molecule has 0 saturated carbocycles. The van der Waals surface area contributed by atoms with Crippen molar-refractivity contribution in [1.82, 2.24) is 0 Å². The fourth-order valence-electron chi connectivity index (χ4n) is 0.651. The number of rotatable bonds is 5. The monoisotopic (exact) mass is 182 g/mol. The maximum Gasteiger partial charge on any atom is 0.318 e. The van der Waals surface area contributed by atoms with Crippen molar-refractivity contribution in [3.63, 3.8) is 0 Å². The van der Waals surface area contributed by atoms with Gasteiger partial charge in [0.15, 0.2) is 6.29 Å². The van der Waals surface area contributed by atoms with E-state index in [1.165, 1.54) is 0 Å². The van der Waals surface area contributed by atoms with Gasteiger partial charge in [-0.2, -0.15) is 0 Å². The molecular weight excluding hydrogens is 167 g/mol. The van der Waals surface area contributed by atoms with E-state index in [9.17, 15) is 4.57 Å². The first-order valence-electron chi connectivity index (χ1n) is 3.60. The van der Waals surface area contributed by atoms with Crippen LogP contribution >= 0.6 is 8.25 Å². The molecule has 0 aromatic carbocycles. The van der Waals surface area contributed by atoms with Gasteiger partial charge in [0.05, 0.1) is 0 Å². The predicted octanol–water partition coefficient (Wildman–Crippen LogP) is 1.14. The van der Waals surface area contributed by atoms with Crippen LogP contribution < -0.4 is 0 Å². The van der Waals surface area contributed by atoms with E-state index in [1.807, 2.05) is 13.8 Å². The van der Waals surface area contributed by atoms with Crippen LogP contribution in [0.3, 0.4) is 0 Å². The summed E-state index contributed by atoms with van der Waals surface area (Å²) < 4.78 is 14.3. The average molecular weight is 182 g/mol. The predicted molar refractivity (Wildman–Crippen MR) is 42.4 cm³/mol. The van der Waals surface area contributed by atoms with Gasteiger partial charge in [0, 0.05) is 0 Å². The highest BCUT2D eigenvalue weighted by Gasteiger charge is 2.07. The quantitative estimate of drug-likeness (QED) is 0.494. The minimum atomic E-state index is -2.98. The van der Waals surface area contributed by atoms with Gasteiger partial charge in [0.2, 0.25) is 0 Å². The van der Waals surface area contributed by atoms with Crippen molar-refractivity contribution < 1.29 is 19.1 Å². The lowest BCUT2D eigenvalue weighted by Gasteiger charge is -2.10.